The maximum atomic E-state index is 13.0. The van der Waals surface area contributed by atoms with Gasteiger partial charge in [0.1, 0.15) is 6.61 Å². The third-order valence-electron chi connectivity index (χ3n) is 3.02. The molecule has 0 saturated heterocycles. The second-order valence-corrected chi connectivity index (χ2v) is 4.65. The molecule has 0 radical (unpaired) electrons. The fourth-order valence-corrected chi connectivity index (χ4v) is 2.36. The monoisotopic (exact) mass is 272 g/mol. The number of hydrogen-bond acceptors (Lipinski definition) is 2. The summed E-state index contributed by atoms with van der Waals surface area (Å²) in [5.74, 6) is 5.04. The first-order valence-electron chi connectivity index (χ1n) is 5.88. The summed E-state index contributed by atoms with van der Waals surface area (Å²) in [6.07, 6.45) is -4.37. The minimum Gasteiger partial charge on any atom is -0.340 e. The molecule has 0 aliphatic heterocycles. The molecule has 104 valence electrons. The number of fused-ring (bicyclic) bond motifs is 1. The molecule has 0 amide bonds. The largest absolute Gasteiger partial charge is 0.417 e. The summed E-state index contributed by atoms with van der Waals surface area (Å²) < 4.78 is 40.7. The molecular weight excluding hydrogens is 257 g/mol. The predicted molar refractivity (Wildman–Crippen MR) is 66.3 cm³/mol. The van der Waals surface area contributed by atoms with Crippen molar-refractivity contribution in [3.8, 4) is 0 Å². The summed E-state index contributed by atoms with van der Waals surface area (Å²) in [6, 6.07) is 5.68. The zero-order chi connectivity index (χ0) is 14.2. The summed E-state index contributed by atoms with van der Waals surface area (Å²) in [5, 5.41) is 0.177. The third kappa shape index (κ3) is 2.46. The van der Waals surface area contributed by atoms with Gasteiger partial charge in [0.2, 0.25) is 0 Å². The van der Waals surface area contributed by atoms with Crippen molar-refractivity contribution < 1.29 is 18.0 Å². The highest BCUT2D eigenvalue weighted by Crippen LogP contribution is 2.37. The Hall–Kier alpha value is -1.53. The highest BCUT2D eigenvalue weighted by atomic mass is 19.4. The van der Waals surface area contributed by atoms with Crippen molar-refractivity contribution in [2.75, 3.05) is 0 Å². The standard InChI is InChI=1S/C13H15F3N2O/c1-8(2)18-9(7-19-17)6-10-11(13(14,15)16)4-3-5-12(10)18/h3-6,8H,7,17H2,1-2H3. The Kier molecular flexibility index (Phi) is 3.56. The molecule has 3 nitrogen and oxygen atoms in total. The zero-order valence-electron chi connectivity index (χ0n) is 10.7. The Labute approximate surface area is 108 Å². The molecule has 2 rings (SSSR count). The lowest BCUT2D eigenvalue weighted by molar-refractivity contribution is -0.136. The van der Waals surface area contributed by atoms with Gasteiger partial charge in [-0.3, -0.25) is 4.84 Å². The van der Waals surface area contributed by atoms with E-state index >= 15 is 0 Å². The van der Waals surface area contributed by atoms with Crippen LogP contribution in [0.4, 0.5) is 13.2 Å². The van der Waals surface area contributed by atoms with Gasteiger partial charge in [-0.1, -0.05) is 6.07 Å². The highest BCUT2D eigenvalue weighted by Gasteiger charge is 2.33. The van der Waals surface area contributed by atoms with Crippen molar-refractivity contribution >= 4 is 10.9 Å². The van der Waals surface area contributed by atoms with E-state index in [1.807, 2.05) is 13.8 Å². The second-order valence-electron chi connectivity index (χ2n) is 4.65. The van der Waals surface area contributed by atoms with Gasteiger partial charge in [0.15, 0.2) is 0 Å². The molecule has 2 aromatic rings. The highest BCUT2D eigenvalue weighted by molar-refractivity contribution is 5.85. The molecule has 1 aromatic heterocycles. The van der Waals surface area contributed by atoms with Gasteiger partial charge in [-0.15, -0.1) is 0 Å². The average molecular weight is 272 g/mol. The Bertz CT molecular complexity index is 587. The van der Waals surface area contributed by atoms with Gasteiger partial charge in [0.25, 0.3) is 0 Å². The number of benzene rings is 1. The summed E-state index contributed by atoms with van der Waals surface area (Å²) in [7, 11) is 0. The summed E-state index contributed by atoms with van der Waals surface area (Å²) >= 11 is 0. The van der Waals surface area contributed by atoms with Crippen LogP contribution >= 0.6 is 0 Å². The third-order valence-corrected chi connectivity index (χ3v) is 3.02. The number of hydrogen-bond donors (Lipinski definition) is 1. The first kappa shape index (κ1) is 13.9. The summed E-state index contributed by atoms with van der Waals surface area (Å²) in [4.78, 5) is 4.57. The lowest BCUT2D eigenvalue weighted by atomic mass is 10.1. The van der Waals surface area contributed by atoms with E-state index in [0.29, 0.717) is 11.2 Å². The minimum absolute atomic E-state index is 0.0196. The van der Waals surface area contributed by atoms with E-state index in [2.05, 4.69) is 4.84 Å². The smallest absolute Gasteiger partial charge is 0.340 e. The molecule has 19 heavy (non-hydrogen) atoms. The summed E-state index contributed by atoms with van der Waals surface area (Å²) in [5.41, 5.74) is 0.531. The predicted octanol–water partition coefficient (Wildman–Crippen LogP) is 3.63. The molecule has 0 bridgehead atoms. The van der Waals surface area contributed by atoms with Gasteiger partial charge in [-0.25, -0.2) is 5.90 Å². The first-order chi connectivity index (χ1) is 8.86. The molecule has 0 atom stereocenters. The average Bonchev–Trinajstić information content (AvgIpc) is 2.65. The van der Waals surface area contributed by atoms with Gasteiger partial charge in [0.05, 0.1) is 5.56 Å². The van der Waals surface area contributed by atoms with Gasteiger partial charge in [-0.05, 0) is 32.0 Å². The maximum absolute atomic E-state index is 13.0. The number of rotatable bonds is 3. The van der Waals surface area contributed by atoms with Crippen LogP contribution in [-0.2, 0) is 17.6 Å². The van der Waals surface area contributed by atoms with Crippen LogP contribution in [0.2, 0.25) is 0 Å². The van der Waals surface area contributed by atoms with Crippen molar-refractivity contribution in [1.29, 1.82) is 0 Å². The molecule has 0 unspecified atom stereocenters. The van der Waals surface area contributed by atoms with E-state index in [9.17, 15) is 13.2 Å². The van der Waals surface area contributed by atoms with Crippen LogP contribution < -0.4 is 5.90 Å². The van der Waals surface area contributed by atoms with E-state index in [-0.39, 0.29) is 18.0 Å². The van der Waals surface area contributed by atoms with Crippen molar-refractivity contribution in [3.05, 3.63) is 35.5 Å². The van der Waals surface area contributed by atoms with Crippen LogP contribution in [0.5, 0.6) is 0 Å². The van der Waals surface area contributed by atoms with Gasteiger partial charge < -0.3 is 4.57 Å². The zero-order valence-corrected chi connectivity index (χ0v) is 10.7. The van der Waals surface area contributed by atoms with E-state index < -0.39 is 11.7 Å². The molecule has 2 N–H and O–H groups in total. The van der Waals surface area contributed by atoms with Crippen LogP contribution in [0, 0.1) is 0 Å². The molecule has 0 aliphatic carbocycles. The lowest BCUT2D eigenvalue weighted by Gasteiger charge is -2.14. The fraction of sp³-hybridized carbons (Fsp3) is 0.385. The lowest BCUT2D eigenvalue weighted by Crippen LogP contribution is -2.09. The molecule has 0 spiro atoms. The van der Waals surface area contributed by atoms with Crippen LogP contribution in [0.15, 0.2) is 24.3 Å². The van der Waals surface area contributed by atoms with Crippen LogP contribution in [-0.4, -0.2) is 4.57 Å². The van der Waals surface area contributed by atoms with Gasteiger partial charge in [-0.2, -0.15) is 13.2 Å². The van der Waals surface area contributed by atoms with Crippen LogP contribution in [0.3, 0.4) is 0 Å². The van der Waals surface area contributed by atoms with Gasteiger partial charge in [0, 0.05) is 22.6 Å². The van der Waals surface area contributed by atoms with Crippen molar-refractivity contribution in [1.82, 2.24) is 4.57 Å². The minimum atomic E-state index is -4.37. The van der Waals surface area contributed by atoms with E-state index in [1.54, 1.807) is 10.6 Å². The van der Waals surface area contributed by atoms with E-state index in [1.165, 1.54) is 12.1 Å². The maximum Gasteiger partial charge on any atom is 0.417 e. The van der Waals surface area contributed by atoms with Crippen molar-refractivity contribution in [3.63, 3.8) is 0 Å². The summed E-state index contributed by atoms with van der Waals surface area (Å²) in [6.45, 7) is 3.88. The number of alkyl halides is 3. The molecule has 0 aliphatic rings. The molecule has 1 heterocycles. The van der Waals surface area contributed by atoms with Crippen LogP contribution in [0.1, 0.15) is 31.1 Å². The van der Waals surface area contributed by atoms with Crippen molar-refractivity contribution in [2.45, 2.75) is 32.7 Å². The Morgan fingerprint density at radius 2 is 2.00 bits per heavy atom. The topological polar surface area (TPSA) is 40.2 Å². The molecule has 1 aromatic carbocycles. The normalized spacial score (nSPS) is 12.6. The van der Waals surface area contributed by atoms with E-state index in [4.69, 9.17) is 5.90 Å². The Morgan fingerprint density at radius 1 is 1.32 bits per heavy atom. The number of nitrogens with two attached hydrogens (primary N) is 1. The molecule has 0 saturated carbocycles. The SMILES string of the molecule is CC(C)n1c(CON)cc2c(C(F)(F)F)cccc21. The Balaban J connectivity index is 2.75. The van der Waals surface area contributed by atoms with Crippen LogP contribution in [0.25, 0.3) is 10.9 Å². The quantitative estimate of drug-likeness (QED) is 0.867. The first-order valence-corrected chi connectivity index (χ1v) is 5.88. The molecule has 6 heteroatoms. The second kappa shape index (κ2) is 4.86. The van der Waals surface area contributed by atoms with E-state index in [0.717, 1.165) is 6.07 Å². The molecular formula is C13H15F3N2O. The molecule has 0 fully saturated rings. The fourth-order valence-electron chi connectivity index (χ4n) is 2.36. The number of aromatic nitrogens is 1. The van der Waals surface area contributed by atoms with Crippen molar-refractivity contribution in [2.24, 2.45) is 5.90 Å². The number of nitrogens with zero attached hydrogens (tertiary/aromatic N) is 1. The number of halogens is 3. The Morgan fingerprint density at radius 3 is 2.53 bits per heavy atom. The van der Waals surface area contributed by atoms with Gasteiger partial charge >= 0.3 is 6.18 Å².